The molecule has 0 fully saturated rings. The van der Waals surface area contributed by atoms with Crippen molar-refractivity contribution in [3.05, 3.63) is 64.7 Å². The first kappa shape index (κ1) is 22.8. The summed E-state index contributed by atoms with van der Waals surface area (Å²) >= 11 is 0. The fourth-order valence-electron chi connectivity index (χ4n) is 3.21. The lowest BCUT2D eigenvalue weighted by Gasteiger charge is -2.23. The molecule has 2 aromatic carbocycles. The maximum atomic E-state index is 13.5. The molecule has 1 N–H and O–H groups in total. The third kappa shape index (κ3) is 6.25. The number of anilines is 1. The minimum absolute atomic E-state index is 0.0186. The normalized spacial score (nSPS) is 12.5. The second kappa shape index (κ2) is 9.35. The Kier molecular flexibility index (Phi) is 7.35. The Morgan fingerprint density at radius 1 is 1.10 bits per heavy atom. The van der Waals surface area contributed by atoms with Gasteiger partial charge in [-0.15, -0.1) is 0 Å². The molecule has 8 heteroatoms. The number of halogens is 2. The number of carbonyl (C=O) groups is 1. The van der Waals surface area contributed by atoms with E-state index < -0.39 is 21.7 Å². The lowest BCUT2D eigenvalue weighted by Crippen LogP contribution is -2.32. The maximum Gasteiger partial charge on any atom is 0.232 e. The highest BCUT2D eigenvalue weighted by Gasteiger charge is 2.19. The maximum absolute atomic E-state index is 13.5. The average molecular weight is 425 g/mol. The van der Waals surface area contributed by atoms with Crippen molar-refractivity contribution in [3.8, 4) is 0 Å². The van der Waals surface area contributed by atoms with Gasteiger partial charge in [-0.05, 0) is 50.5 Å². The summed E-state index contributed by atoms with van der Waals surface area (Å²) in [4.78, 5) is 12.3. The summed E-state index contributed by atoms with van der Waals surface area (Å²) in [6, 6.07) is 8.73. The lowest BCUT2D eigenvalue weighted by molar-refractivity contribution is -0.121. The van der Waals surface area contributed by atoms with Crippen LogP contribution >= 0.6 is 0 Å². The molecule has 0 spiro atoms. The molecule has 0 saturated carbocycles. The van der Waals surface area contributed by atoms with E-state index in [-0.39, 0.29) is 37.0 Å². The fourth-order valence-corrected chi connectivity index (χ4v) is 4.17. The zero-order valence-corrected chi connectivity index (χ0v) is 17.8. The molecule has 0 aliphatic rings. The first-order chi connectivity index (χ1) is 13.5. The van der Waals surface area contributed by atoms with Crippen LogP contribution in [0.15, 0.2) is 36.4 Å². The SMILES string of the molecule is Cc1ccc(C(C)NC(=O)CCCN(c2ccc(F)c(F)c2)S(C)(=O)=O)c(C)c1. The van der Waals surface area contributed by atoms with Gasteiger partial charge in [-0.2, -0.15) is 0 Å². The summed E-state index contributed by atoms with van der Waals surface area (Å²) in [6.07, 6.45) is 1.32. The van der Waals surface area contributed by atoms with Crippen molar-refractivity contribution in [2.24, 2.45) is 0 Å². The number of rotatable bonds is 8. The second-order valence-electron chi connectivity index (χ2n) is 7.19. The first-order valence-electron chi connectivity index (χ1n) is 9.28. The Morgan fingerprint density at radius 2 is 1.79 bits per heavy atom. The van der Waals surface area contributed by atoms with Crippen LogP contribution in [0, 0.1) is 25.5 Å². The van der Waals surface area contributed by atoms with E-state index in [1.165, 1.54) is 6.07 Å². The van der Waals surface area contributed by atoms with Crippen molar-refractivity contribution in [2.45, 2.75) is 39.7 Å². The van der Waals surface area contributed by atoms with Crippen LogP contribution in [0.4, 0.5) is 14.5 Å². The molecule has 158 valence electrons. The van der Waals surface area contributed by atoms with E-state index in [0.717, 1.165) is 39.4 Å². The van der Waals surface area contributed by atoms with Crippen LogP contribution in [0.2, 0.25) is 0 Å². The lowest BCUT2D eigenvalue weighted by atomic mass is 10.00. The van der Waals surface area contributed by atoms with Gasteiger partial charge in [0.25, 0.3) is 0 Å². The van der Waals surface area contributed by atoms with Crippen LogP contribution in [0.25, 0.3) is 0 Å². The molecule has 0 radical (unpaired) electrons. The Bertz CT molecular complexity index is 993. The van der Waals surface area contributed by atoms with Gasteiger partial charge in [-0.25, -0.2) is 17.2 Å². The smallest absolute Gasteiger partial charge is 0.232 e. The molecule has 0 saturated heterocycles. The number of nitrogens with one attached hydrogen (secondary N) is 1. The number of amides is 1. The molecule has 29 heavy (non-hydrogen) atoms. The van der Waals surface area contributed by atoms with Crippen LogP contribution in [0.1, 0.15) is 42.5 Å². The number of hydrogen-bond acceptors (Lipinski definition) is 3. The fraction of sp³-hybridized carbons (Fsp3) is 0.381. The number of nitrogens with zero attached hydrogens (tertiary/aromatic N) is 1. The molecule has 2 rings (SSSR count). The average Bonchev–Trinajstić information content (AvgIpc) is 2.60. The zero-order valence-electron chi connectivity index (χ0n) is 17.0. The van der Waals surface area contributed by atoms with E-state index in [0.29, 0.717) is 0 Å². The van der Waals surface area contributed by atoms with Crippen molar-refractivity contribution in [1.82, 2.24) is 5.32 Å². The summed E-state index contributed by atoms with van der Waals surface area (Å²) < 4.78 is 51.7. The molecule has 0 aliphatic carbocycles. The van der Waals surface area contributed by atoms with Gasteiger partial charge in [0, 0.05) is 19.0 Å². The largest absolute Gasteiger partial charge is 0.350 e. The minimum atomic E-state index is -3.71. The Balaban J connectivity index is 1.98. The molecular weight excluding hydrogens is 398 g/mol. The molecule has 1 amide bonds. The second-order valence-corrected chi connectivity index (χ2v) is 9.09. The van der Waals surface area contributed by atoms with Crippen molar-refractivity contribution in [2.75, 3.05) is 17.1 Å². The summed E-state index contributed by atoms with van der Waals surface area (Å²) in [5, 5.41) is 2.91. The van der Waals surface area contributed by atoms with Crippen molar-refractivity contribution < 1.29 is 22.0 Å². The summed E-state index contributed by atoms with van der Waals surface area (Å²) in [6.45, 7) is 5.85. The number of sulfonamides is 1. The zero-order chi connectivity index (χ0) is 21.8. The van der Waals surface area contributed by atoms with Gasteiger partial charge in [-0.1, -0.05) is 23.8 Å². The third-order valence-electron chi connectivity index (χ3n) is 4.63. The van der Waals surface area contributed by atoms with Crippen LogP contribution in [-0.2, 0) is 14.8 Å². The van der Waals surface area contributed by atoms with Crippen LogP contribution in [-0.4, -0.2) is 27.1 Å². The van der Waals surface area contributed by atoms with Gasteiger partial charge in [0.15, 0.2) is 11.6 Å². The standard InChI is InChI=1S/C21H26F2N2O3S/c1-14-7-9-18(15(2)12-14)16(3)24-21(26)6-5-11-25(29(4,27)28)17-8-10-19(22)20(23)13-17/h7-10,12-13,16H,5-6,11H2,1-4H3,(H,24,26). The van der Waals surface area contributed by atoms with E-state index >= 15 is 0 Å². The van der Waals surface area contributed by atoms with Crippen LogP contribution in [0.3, 0.4) is 0 Å². The molecule has 5 nitrogen and oxygen atoms in total. The highest BCUT2D eigenvalue weighted by atomic mass is 32.2. The Morgan fingerprint density at radius 3 is 2.38 bits per heavy atom. The van der Waals surface area contributed by atoms with Gasteiger partial charge < -0.3 is 5.32 Å². The van der Waals surface area contributed by atoms with Crippen LogP contribution < -0.4 is 9.62 Å². The predicted octanol–water partition coefficient (Wildman–Crippen LogP) is 4.01. The first-order valence-corrected chi connectivity index (χ1v) is 11.1. The number of aryl methyl sites for hydroxylation is 2. The molecule has 0 heterocycles. The van der Waals surface area contributed by atoms with Gasteiger partial charge in [-0.3, -0.25) is 9.10 Å². The Hall–Kier alpha value is -2.48. The number of benzene rings is 2. The van der Waals surface area contributed by atoms with E-state index in [4.69, 9.17) is 0 Å². The van der Waals surface area contributed by atoms with E-state index in [1.807, 2.05) is 39.0 Å². The van der Waals surface area contributed by atoms with Crippen LogP contribution in [0.5, 0.6) is 0 Å². The van der Waals surface area contributed by atoms with Gasteiger partial charge in [0.1, 0.15) is 0 Å². The highest BCUT2D eigenvalue weighted by molar-refractivity contribution is 7.92. The van der Waals surface area contributed by atoms with Crippen molar-refractivity contribution in [1.29, 1.82) is 0 Å². The summed E-state index contributed by atoms with van der Waals surface area (Å²) in [5.41, 5.74) is 3.27. The highest BCUT2D eigenvalue weighted by Crippen LogP contribution is 2.22. The van der Waals surface area contributed by atoms with Crippen molar-refractivity contribution in [3.63, 3.8) is 0 Å². The summed E-state index contributed by atoms with van der Waals surface area (Å²) in [5.74, 6) is -2.39. The molecule has 1 unspecified atom stereocenters. The molecule has 1 atom stereocenters. The Labute approximate surface area is 170 Å². The van der Waals surface area contributed by atoms with Crippen molar-refractivity contribution >= 4 is 21.6 Å². The van der Waals surface area contributed by atoms with E-state index in [9.17, 15) is 22.0 Å². The predicted molar refractivity (Wildman–Crippen MR) is 110 cm³/mol. The number of carbonyl (C=O) groups excluding carboxylic acids is 1. The van der Waals surface area contributed by atoms with Gasteiger partial charge in [0.2, 0.25) is 15.9 Å². The topological polar surface area (TPSA) is 66.5 Å². The summed E-state index contributed by atoms with van der Waals surface area (Å²) in [7, 11) is -3.71. The quantitative estimate of drug-likeness (QED) is 0.696. The minimum Gasteiger partial charge on any atom is -0.350 e. The van der Waals surface area contributed by atoms with Gasteiger partial charge >= 0.3 is 0 Å². The molecule has 0 aromatic heterocycles. The third-order valence-corrected chi connectivity index (χ3v) is 5.82. The molecule has 2 aromatic rings. The number of hydrogen-bond donors (Lipinski definition) is 1. The van der Waals surface area contributed by atoms with E-state index in [1.54, 1.807) is 0 Å². The van der Waals surface area contributed by atoms with Gasteiger partial charge in [0.05, 0.1) is 18.0 Å². The molecular formula is C21H26F2N2O3S. The monoisotopic (exact) mass is 424 g/mol. The molecule has 0 bridgehead atoms. The molecule has 0 aliphatic heterocycles. The van der Waals surface area contributed by atoms with E-state index in [2.05, 4.69) is 5.32 Å².